The van der Waals surface area contributed by atoms with Gasteiger partial charge in [0.1, 0.15) is 5.52 Å². The lowest BCUT2D eigenvalue weighted by Gasteiger charge is -2.12. The lowest BCUT2D eigenvalue weighted by Crippen LogP contribution is -2.22. The molecule has 4 aromatic heterocycles. The first kappa shape index (κ1) is 18.5. The van der Waals surface area contributed by atoms with E-state index in [1.54, 1.807) is 0 Å². The van der Waals surface area contributed by atoms with Gasteiger partial charge in [0.15, 0.2) is 11.5 Å². The van der Waals surface area contributed by atoms with Crippen LogP contribution in [0.2, 0.25) is 0 Å². The molecule has 0 aliphatic carbocycles. The molecule has 2 aromatic carbocycles. The van der Waals surface area contributed by atoms with E-state index in [-0.39, 0.29) is 0 Å². The molecular formula is C26H21N7. The summed E-state index contributed by atoms with van der Waals surface area (Å²) in [6, 6.07) is 16.8. The highest BCUT2D eigenvalue weighted by molar-refractivity contribution is 5.89. The molecule has 0 amide bonds. The Morgan fingerprint density at radius 2 is 1.97 bits per heavy atom. The molecule has 2 N–H and O–H groups in total. The minimum Gasteiger partial charge on any atom is -0.358 e. The van der Waals surface area contributed by atoms with Crippen LogP contribution in [-0.2, 0) is 19.5 Å². The molecule has 0 unspecified atom stereocenters. The van der Waals surface area contributed by atoms with Gasteiger partial charge < -0.3 is 14.9 Å². The number of hydrogen-bond donors (Lipinski definition) is 2. The number of pyridine rings is 1. The maximum atomic E-state index is 4.92. The van der Waals surface area contributed by atoms with Crippen molar-refractivity contribution in [2.45, 2.75) is 19.5 Å². The Balaban J connectivity index is 1.28. The fourth-order valence-corrected chi connectivity index (χ4v) is 4.82. The average molecular weight is 432 g/mol. The van der Waals surface area contributed by atoms with Crippen molar-refractivity contribution in [1.82, 2.24) is 34.8 Å². The van der Waals surface area contributed by atoms with Crippen molar-refractivity contribution in [3.8, 4) is 11.4 Å². The van der Waals surface area contributed by atoms with Gasteiger partial charge in [-0.25, -0.2) is 15.0 Å². The Kier molecular flexibility index (Phi) is 4.04. The summed E-state index contributed by atoms with van der Waals surface area (Å²) < 4.78 is 2.08. The minimum atomic E-state index is 0.688. The van der Waals surface area contributed by atoms with Crippen LogP contribution in [0, 0.1) is 0 Å². The molecule has 7 heteroatoms. The number of nitrogens with one attached hydrogen (secondary N) is 2. The summed E-state index contributed by atoms with van der Waals surface area (Å²) in [5, 5.41) is 5.85. The molecule has 33 heavy (non-hydrogen) atoms. The predicted molar refractivity (Wildman–Crippen MR) is 129 cm³/mol. The molecule has 5 heterocycles. The molecule has 0 spiro atoms. The van der Waals surface area contributed by atoms with E-state index in [4.69, 9.17) is 4.98 Å². The first-order chi connectivity index (χ1) is 16.3. The van der Waals surface area contributed by atoms with Crippen LogP contribution in [0.5, 0.6) is 0 Å². The van der Waals surface area contributed by atoms with E-state index in [0.717, 1.165) is 47.1 Å². The van der Waals surface area contributed by atoms with Crippen LogP contribution in [0.3, 0.4) is 0 Å². The number of aromatic amines is 1. The molecule has 1 aliphatic heterocycles. The predicted octanol–water partition coefficient (Wildman–Crippen LogP) is 4.22. The molecule has 0 fully saturated rings. The zero-order chi connectivity index (χ0) is 21.8. The summed E-state index contributed by atoms with van der Waals surface area (Å²) in [5.74, 6) is 0.715. The average Bonchev–Trinajstić information content (AvgIpc) is 3.44. The third-order valence-corrected chi connectivity index (χ3v) is 6.48. The second-order valence-corrected chi connectivity index (χ2v) is 8.57. The van der Waals surface area contributed by atoms with Crippen molar-refractivity contribution in [3.05, 3.63) is 84.1 Å². The molecule has 7 nitrogen and oxygen atoms in total. The SMILES string of the molecule is c1cnc2ccc(Cn3cnc4cnc(-c5ccc6[nH]c7c(c6c5)CNCC7)nc43)cc2c1. The zero-order valence-electron chi connectivity index (χ0n) is 17.9. The van der Waals surface area contributed by atoms with Gasteiger partial charge in [0.2, 0.25) is 0 Å². The normalized spacial score (nSPS) is 13.7. The first-order valence-corrected chi connectivity index (χ1v) is 11.2. The highest BCUT2D eigenvalue weighted by Gasteiger charge is 2.16. The van der Waals surface area contributed by atoms with Crippen molar-refractivity contribution in [2.24, 2.45) is 0 Å². The van der Waals surface area contributed by atoms with Crippen LogP contribution in [0.4, 0.5) is 0 Å². The summed E-state index contributed by atoms with van der Waals surface area (Å²) in [4.78, 5) is 22.0. The third kappa shape index (κ3) is 3.08. The number of hydrogen-bond acceptors (Lipinski definition) is 5. The number of benzene rings is 2. The quantitative estimate of drug-likeness (QED) is 0.438. The molecule has 1 aliphatic rings. The van der Waals surface area contributed by atoms with Crippen LogP contribution < -0.4 is 5.32 Å². The number of fused-ring (bicyclic) bond motifs is 5. The lowest BCUT2D eigenvalue weighted by molar-refractivity contribution is 0.641. The van der Waals surface area contributed by atoms with Gasteiger partial charge in [-0.3, -0.25) is 4.98 Å². The minimum absolute atomic E-state index is 0.688. The summed E-state index contributed by atoms with van der Waals surface area (Å²) in [5.41, 5.74) is 8.69. The largest absolute Gasteiger partial charge is 0.358 e. The van der Waals surface area contributed by atoms with E-state index in [1.165, 1.54) is 27.7 Å². The van der Waals surface area contributed by atoms with Gasteiger partial charge >= 0.3 is 0 Å². The van der Waals surface area contributed by atoms with Crippen LogP contribution in [0.25, 0.3) is 44.4 Å². The highest BCUT2D eigenvalue weighted by atomic mass is 15.1. The van der Waals surface area contributed by atoms with E-state index in [2.05, 4.69) is 72.3 Å². The van der Waals surface area contributed by atoms with Gasteiger partial charge in [-0.2, -0.15) is 0 Å². The van der Waals surface area contributed by atoms with Crippen molar-refractivity contribution < 1.29 is 0 Å². The lowest BCUT2D eigenvalue weighted by atomic mass is 10.0. The third-order valence-electron chi connectivity index (χ3n) is 6.48. The van der Waals surface area contributed by atoms with Crippen molar-refractivity contribution in [2.75, 3.05) is 6.54 Å². The number of aromatic nitrogens is 6. The monoisotopic (exact) mass is 431 g/mol. The zero-order valence-corrected chi connectivity index (χ0v) is 17.9. The second-order valence-electron chi connectivity index (χ2n) is 8.57. The van der Waals surface area contributed by atoms with Crippen molar-refractivity contribution in [3.63, 3.8) is 0 Å². The van der Waals surface area contributed by atoms with Crippen molar-refractivity contribution in [1.29, 1.82) is 0 Å². The van der Waals surface area contributed by atoms with Crippen molar-refractivity contribution >= 4 is 33.0 Å². The number of nitrogens with zero attached hydrogens (tertiary/aromatic N) is 5. The topological polar surface area (TPSA) is 84.3 Å². The molecule has 0 atom stereocenters. The fourth-order valence-electron chi connectivity index (χ4n) is 4.82. The van der Waals surface area contributed by atoms with Gasteiger partial charge in [-0.15, -0.1) is 0 Å². The standard InChI is InChI=1S/C26H21N7/c1-2-17-10-16(3-5-21(17)28-8-1)14-33-15-30-24-13-29-25(32-26(24)33)18-4-6-22-19(11-18)20-12-27-9-7-23(20)31-22/h1-6,8,10-11,13,15,27,31H,7,9,12,14H2. The van der Waals surface area contributed by atoms with Gasteiger partial charge in [-0.05, 0) is 47.5 Å². The number of rotatable bonds is 3. The van der Waals surface area contributed by atoms with Gasteiger partial charge in [0.25, 0.3) is 0 Å². The Bertz CT molecular complexity index is 1660. The number of H-pyrrole nitrogens is 1. The first-order valence-electron chi connectivity index (χ1n) is 11.2. The molecule has 7 rings (SSSR count). The van der Waals surface area contributed by atoms with E-state index in [9.17, 15) is 0 Å². The Morgan fingerprint density at radius 3 is 2.97 bits per heavy atom. The number of imidazole rings is 1. The maximum Gasteiger partial charge on any atom is 0.164 e. The van der Waals surface area contributed by atoms with E-state index in [0.29, 0.717) is 12.4 Å². The Morgan fingerprint density at radius 1 is 0.970 bits per heavy atom. The Hall–Kier alpha value is -4.10. The molecule has 6 aromatic rings. The summed E-state index contributed by atoms with van der Waals surface area (Å²) in [6.07, 6.45) is 6.51. The van der Waals surface area contributed by atoms with Crippen LogP contribution in [0.1, 0.15) is 16.8 Å². The van der Waals surface area contributed by atoms with Crippen LogP contribution in [0.15, 0.2) is 67.3 Å². The van der Waals surface area contributed by atoms with E-state index in [1.807, 2.05) is 24.8 Å². The molecule has 0 saturated carbocycles. The molecule has 0 bridgehead atoms. The smallest absolute Gasteiger partial charge is 0.164 e. The van der Waals surface area contributed by atoms with Gasteiger partial charge in [0, 0.05) is 53.3 Å². The maximum absolute atomic E-state index is 4.92. The molecular weight excluding hydrogens is 410 g/mol. The van der Waals surface area contributed by atoms with Gasteiger partial charge in [-0.1, -0.05) is 12.1 Å². The fraction of sp³-hybridized carbons (Fsp3) is 0.154. The summed E-state index contributed by atoms with van der Waals surface area (Å²) >= 11 is 0. The van der Waals surface area contributed by atoms with E-state index < -0.39 is 0 Å². The highest BCUT2D eigenvalue weighted by Crippen LogP contribution is 2.29. The molecule has 0 radical (unpaired) electrons. The summed E-state index contributed by atoms with van der Waals surface area (Å²) in [6.45, 7) is 2.60. The van der Waals surface area contributed by atoms with Crippen LogP contribution >= 0.6 is 0 Å². The van der Waals surface area contributed by atoms with Gasteiger partial charge in [0.05, 0.1) is 24.6 Å². The summed E-state index contributed by atoms with van der Waals surface area (Å²) in [7, 11) is 0. The van der Waals surface area contributed by atoms with Crippen LogP contribution in [-0.4, -0.2) is 36.0 Å². The van der Waals surface area contributed by atoms with E-state index >= 15 is 0 Å². The second kappa shape index (κ2) is 7.21. The molecule has 160 valence electrons. The Labute approximate surface area is 189 Å². The molecule has 0 saturated heterocycles.